The van der Waals surface area contributed by atoms with E-state index in [1.54, 1.807) is 54.6 Å². The van der Waals surface area contributed by atoms with Crippen molar-refractivity contribution in [3.63, 3.8) is 0 Å². The molecule has 0 aliphatic rings. The van der Waals surface area contributed by atoms with E-state index >= 15 is 0 Å². The molecule has 3 aromatic rings. The predicted octanol–water partition coefficient (Wildman–Crippen LogP) is 5.72. The lowest BCUT2D eigenvalue weighted by Gasteiger charge is -2.12. The molecule has 31 heavy (non-hydrogen) atoms. The molecule has 0 atom stereocenters. The molecule has 0 aliphatic carbocycles. The average Bonchev–Trinajstić information content (AvgIpc) is 2.78. The van der Waals surface area contributed by atoms with Gasteiger partial charge >= 0.3 is 0 Å². The fourth-order valence-corrected chi connectivity index (χ4v) is 2.95. The third-order valence-corrected chi connectivity index (χ3v) is 4.80. The summed E-state index contributed by atoms with van der Waals surface area (Å²) in [6.07, 6.45) is 1.47. The summed E-state index contributed by atoms with van der Waals surface area (Å²) in [5.74, 6) is 0.110. The molecule has 156 valence electrons. The maximum Gasteiger partial charge on any atom is 0.266 e. The maximum absolute atomic E-state index is 13.0. The number of halogens is 2. The van der Waals surface area contributed by atoms with Crippen LogP contribution in [0.2, 0.25) is 0 Å². The smallest absolute Gasteiger partial charge is 0.266 e. The molecule has 0 aromatic heterocycles. The highest BCUT2D eigenvalue weighted by molar-refractivity contribution is 9.10. The fourth-order valence-electron chi connectivity index (χ4n) is 2.68. The molecule has 5 nitrogen and oxygen atoms in total. The number of carbonyl (C=O) groups is 1. The number of nitrogens with one attached hydrogen (secondary N) is 1. The zero-order chi connectivity index (χ0) is 22.2. The molecule has 0 heterocycles. The maximum atomic E-state index is 13.0. The Morgan fingerprint density at radius 3 is 2.45 bits per heavy atom. The number of rotatable bonds is 7. The van der Waals surface area contributed by atoms with E-state index in [9.17, 15) is 14.4 Å². The number of hydrogen-bond donors (Lipinski definition) is 1. The molecule has 0 spiro atoms. The van der Waals surface area contributed by atoms with Crippen molar-refractivity contribution in [3.05, 3.63) is 93.7 Å². The Morgan fingerprint density at radius 1 is 1.10 bits per heavy atom. The second-order valence-electron chi connectivity index (χ2n) is 6.46. The fraction of sp³-hybridized carbons (Fsp3) is 0.0833. The van der Waals surface area contributed by atoms with Gasteiger partial charge in [-0.15, -0.1) is 0 Å². The Hall–Kier alpha value is -3.63. The quantitative estimate of drug-likeness (QED) is 0.346. The third kappa shape index (κ3) is 6.17. The summed E-state index contributed by atoms with van der Waals surface area (Å²) in [4.78, 5) is 12.4. The van der Waals surface area contributed by atoms with Crippen LogP contribution in [0.5, 0.6) is 11.5 Å². The standard InChI is InChI=1S/C24H18BrFN2O3/c1-30-23-13-17(4-11-22(23)31-15-16-2-7-20(26)8-3-16)12-18(14-27)24(29)28-21-9-5-19(25)6-10-21/h2-13H,15H2,1H3,(H,28,29)/b18-12-. The third-order valence-electron chi connectivity index (χ3n) is 4.27. The zero-order valence-electron chi connectivity index (χ0n) is 16.6. The van der Waals surface area contributed by atoms with E-state index in [1.165, 1.54) is 25.3 Å². The van der Waals surface area contributed by atoms with Crippen LogP contribution in [0.1, 0.15) is 11.1 Å². The van der Waals surface area contributed by atoms with Gasteiger partial charge in [-0.25, -0.2) is 4.39 Å². The number of benzene rings is 3. The highest BCUT2D eigenvalue weighted by Crippen LogP contribution is 2.30. The number of amides is 1. The van der Waals surface area contributed by atoms with Gasteiger partial charge in [0.1, 0.15) is 24.1 Å². The number of nitrogens with zero attached hydrogens (tertiary/aromatic N) is 1. The molecule has 3 rings (SSSR count). The van der Waals surface area contributed by atoms with Crippen LogP contribution in [0.15, 0.2) is 76.8 Å². The van der Waals surface area contributed by atoms with Crippen molar-refractivity contribution in [2.45, 2.75) is 6.61 Å². The molecule has 0 saturated heterocycles. The molecule has 1 N–H and O–H groups in total. The van der Waals surface area contributed by atoms with Gasteiger partial charge in [-0.05, 0) is 65.7 Å². The number of nitriles is 1. The van der Waals surface area contributed by atoms with Gasteiger partial charge in [0.15, 0.2) is 11.5 Å². The lowest BCUT2D eigenvalue weighted by Crippen LogP contribution is -2.13. The number of anilines is 1. The Balaban J connectivity index is 1.74. The van der Waals surface area contributed by atoms with E-state index in [1.807, 2.05) is 6.07 Å². The summed E-state index contributed by atoms with van der Waals surface area (Å²) in [6.45, 7) is 0.241. The van der Waals surface area contributed by atoms with Gasteiger partial charge in [0.2, 0.25) is 0 Å². The predicted molar refractivity (Wildman–Crippen MR) is 120 cm³/mol. The summed E-state index contributed by atoms with van der Waals surface area (Å²) in [5.41, 5.74) is 1.94. The highest BCUT2D eigenvalue weighted by atomic mass is 79.9. The molecular weight excluding hydrogens is 463 g/mol. The van der Waals surface area contributed by atoms with Crippen molar-refractivity contribution in [2.24, 2.45) is 0 Å². The summed E-state index contributed by atoms with van der Waals surface area (Å²) in [7, 11) is 1.50. The van der Waals surface area contributed by atoms with Gasteiger partial charge in [-0.1, -0.05) is 34.1 Å². The lowest BCUT2D eigenvalue weighted by atomic mass is 10.1. The molecular formula is C24H18BrFN2O3. The molecule has 0 aliphatic heterocycles. The van der Waals surface area contributed by atoms with Crippen LogP contribution in [0, 0.1) is 17.1 Å². The van der Waals surface area contributed by atoms with Crippen molar-refractivity contribution in [2.75, 3.05) is 12.4 Å². The Labute approximate surface area is 187 Å². The first-order valence-corrected chi connectivity index (χ1v) is 10.0. The number of hydrogen-bond acceptors (Lipinski definition) is 4. The lowest BCUT2D eigenvalue weighted by molar-refractivity contribution is -0.112. The molecule has 0 unspecified atom stereocenters. The van der Waals surface area contributed by atoms with E-state index in [0.29, 0.717) is 22.7 Å². The summed E-state index contributed by atoms with van der Waals surface area (Å²) in [6, 6.07) is 20.1. The van der Waals surface area contributed by atoms with Crippen LogP contribution >= 0.6 is 15.9 Å². The van der Waals surface area contributed by atoms with Crippen LogP contribution in [0.4, 0.5) is 10.1 Å². The summed E-state index contributed by atoms with van der Waals surface area (Å²) < 4.78 is 25.0. The first-order valence-electron chi connectivity index (χ1n) is 9.22. The molecule has 7 heteroatoms. The Morgan fingerprint density at radius 2 is 1.81 bits per heavy atom. The molecule has 1 amide bonds. The van der Waals surface area contributed by atoms with Crippen molar-refractivity contribution in [3.8, 4) is 17.6 Å². The molecule has 0 bridgehead atoms. The van der Waals surface area contributed by atoms with E-state index in [-0.39, 0.29) is 18.0 Å². The molecule has 0 radical (unpaired) electrons. The van der Waals surface area contributed by atoms with Crippen LogP contribution in [0.25, 0.3) is 6.08 Å². The normalized spacial score (nSPS) is 10.8. The topological polar surface area (TPSA) is 71.3 Å². The van der Waals surface area contributed by atoms with Crippen LogP contribution in [-0.2, 0) is 11.4 Å². The number of carbonyl (C=O) groups excluding carboxylic acids is 1. The van der Waals surface area contributed by atoms with Crippen molar-refractivity contribution >= 4 is 33.6 Å². The molecule has 0 saturated carbocycles. The van der Waals surface area contributed by atoms with Gasteiger partial charge in [0.25, 0.3) is 5.91 Å². The highest BCUT2D eigenvalue weighted by Gasteiger charge is 2.11. The minimum absolute atomic E-state index is 0.0510. The van der Waals surface area contributed by atoms with E-state index < -0.39 is 5.91 Å². The van der Waals surface area contributed by atoms with E-state index in [4.69, 9.17) is 9.47 Å². The summed E-state index contributed by atoms with van der Waals surface area (Å²) >= 11 is 3.33. The Bertz CT molecular complexity index is 1140. The molecule has 0 fully saturated rings. The molecule has 3 aromatic carbocycles. The van der Waals surface area contributed by atoms with Crippen molar-refractivity contribution in [1.29, 1.82) is 5.26 Å². The van der Waals surface area contributed by atoms with Crippen LogP contribution in [0.3, 0.4) is 0 Å². The second kappa shape index (κ2) is 10.4. The van der Waals surface area contributed by atoms with Crippen molar-refractivity contribution in [1.82, 2.24) is 0 Å². The first kappa shape index (κ1) is 22.1. The second-order valence-corrected chi connectivity index (χ2v) is 7.37. The van der Waals surface area contributed by atoms with Crippen LogP contribution < -0.4 is 14.8 Å². The minimum Gasteiger partial charge on any atom is -0.493 e. The largest absolute Gasteiger partial charge is 0.493 e. The summed E-state index contributed by atoms with van der Waals surface area (Å²) in [5, 5.41) is 12.1. The monoisotopic (exact) mass is 480 g/mol. The van der Waals surface area contributed by atoms with Gasteiger partial charge in [-0.3, -0.25) is 4.79 Å². The van der Waals surface area contributed by atoms with E-state index in [0.717, 1.165) is 10.0 Å². The van der Waals surface area contributed by atoms with Gasteiger partial charge in [-0.2, -0.15) is 5.26 Å². The van der Waals surface area contributed by atoms with Gasteiger partial charge in [0.05, 0.1) is 7.11 Å². The van der Waals surface area contributed by atoms with Gasteiger partial charge < -0.3 is 14.8 Å². The van der Waals surface area contributed by atoms with Crippen LogP contribution in [-0.4, -0.2) is 13.0 Å². The average molecular weight is 481 g/mol. The zero-order valence-corrected chi connectivity index (χ0v) is 18.1. The first-order chi connectivity index (χ1) is 15.0. The number of ether oxygens (including phenoxy) is 2. The SMILES string of the molecule is COc1cc(/C=C(/C#N)C(=O)Nc2ccc(Br)cc2)ccc1OCc1ccc(F)cc1. The minimum atomic E-state index is -0.513. The van der Waals surface area contributed by atoms with E-state index in [2.05, 4.69) is 21.2 Å². The Kier molecular flexibility index (Phi) is 7.41. The van der Waals surface area contributed by atoms with Crippen molar-refractivity contribution < 1.29 is 18.7 Å². The number of methoxy groups -OCH3 is 1. The van der Waals surface area contributed by atoms with Gasteiger partial charge in [0, 0.05) is 10.2 Å².